The second-order valence-corrected chi connectivity index (χ2v) is 5.72. The van der Waals surface area contributed by atoms with Crippen LogP contribution in [0.25, 0.3) is 0 Å². The van der Waals surface area contributed by atoms with Crippen LogP contribution in [0.5, 0.6) is 0 Å². The third kappa shape index (κ3) is 5.54. The molecule has 2 rings (SSSR count). The Hall–Kier alpha value is -2.06. The van der Waals surface area contributed by atoms with Gasteiger partial charge in [0.1, 0.15) is 11.6 Å². The van der Waals surface area contributed by atoms with E-state index < -0.39 is 23.4 Å². The first-order chi connectivity index (χ1) is 11.5. The number of ether oxygens (including phenoxy) is 1. The van der Waals surface area contributed by atoms with Crippen molar-refractivity contribution in [2.75, 3.05) is 38.7 Å². The van der Waals surface area contributed by atoms with Crippen LogP contribution >= 0.6 is 0 Å². The fraction of sp³-hybridized carbons (Fsp3) is 0.500. The molecule has 6 nitrogen and oxygen atoms in total. The number of piperidine rings is 1. The maximum Gasteiger partial charge on any atom is 0.313 e. The van der Waals surface area contributed by atoms with Gasteiger partial charge >= 0.3 is 11.8 Å². The van der Waals surface area contributed by atoms with Crippen molar-refractivity contribution in [3.05, 3.63) is 29.8 Å². The Balaban J connectivity index is 1.85. The molecule has 0 spiro atoms. The molecule has 1 saturated heterocycles. The normalized spacial score (nSPS) is 18.2. The van der Waals surface area contributed by atoms with E-state index >= 15 is 0 Å². The third-order valence-electron chi connectivity index (χ3n) is 3.78. The van der Waals surface area contributed by atoms with Crippen LogP contribution in [-0.4, -0.2) is 56.1 Å². The summed E-state index contributed by atoms with van der Waals surface area (Å²) in [7, 11) is 1.63. The predicted molar refractivity (Wildman–Crippen MR) is 84.5 cm³/mol. The molecule has 0 radical (unpaired) electrons. The van der Waals surface area contributed by atoms with Gasteiger partial charge in [0.25, 0.3) is 0 Å². The van der Waals surface area contributed by atoms with Crippen molar-refractivity contribution < 1.29 is 23.1 Å². The van der Waals surface area contributed by atoms with Gasteiger partial charge in [-0.1, -0.05) is 0 Å². The molecular formula is C16H21F2N3O3. The molecule has 0 bridgehead atoms. The maximum atomic E-state index is 13.1. The summed E-state index contributed by atoms with van der Waals surface area (Å²) < 4.78 is 31.2. The Morgan fingerprint density at radius 3 is 2.62 bits per heavy atom. The summed E-state index contributed by atoms with van der Waals surface area (Å²) in [6, 6.07) is 2.44. The molecule has 2 amide bonds. The van der Waals surface area contributed by atoms with Crippen molar-refractivity contribution in [3.8, 4) is 0 Å². The van der Waals surface area contributed by atoms with E-state index in [9.17, 15) is 18.4 Å². The van der Waals surface area contributed by atoms with Gasteiger partial charge in [-0.3, -0.25) is 14.5 Å². The molecule has 1 atom stereocenters. The summed E-state index contributed by atoms with van der Waals surface area (Å²) in [6.07, 6.45) is 1.68. The minimum absolute atomic E-state index is 0.0991. The molecule has 1 aromatic carbocycles. The SMILES string of the molecule is COCCN1CCC[C@H](NC(=O)C(=O)Nc2cc(F)cc(F)c2)C1. The van der Waals surface area contributed by atoms with Crippen LogP contribution in [0.15, 0.2) is 18.2 Å². The Kier molecular flexibility index (Phi) is 6.62. The van der Waals surface area contributed by atoms with Gasteiger partial charge in [-0.2, -0.15) is 0 Å². The fourth-order valence-electron chi connectivity index (χ4n) is 2.66. The standard InChI is InChI=1S/C16H21F2N3O3/c1-24-6-5-21-4-2-3-13(10-21)19-15(22)16(23)20-14-8-11(17)7-12(18)9-14/h7-9,13H,2-6,10H2,1H3,(H,19,22)(H,20,23)/t13-/m0/s1. The zero-order valence-corrected chi connectivity index (χ0v) is 13.5. The number of rotatable bonds is 5. The highest BCUT2D eigenvalue weighted by molar-refractivity contribution is 6.39. The third-order valence-corrected chi connectivity index (χ3v) is 3.78. The molecule has 1 heterocycles. The number of hydrogen-bond donors (Lipinski definition) is 2. The molecule has 132 valence electrons. The molecule has 0 unspecified atom stereocenters. The molecule has 1 aromatic rings. The van der Waals surface area contributed by atoms with Crippen LogP contribution in [0.2, 0.25) is 0 Å². The van der Waals surface area contributed by atoms with E-state index in [1.807, 2.05) is 0 Å². The minimum Gasteiger partial charge on any atom is -0.383 e. The van der Waals surface area contributed by atoms with Gasteiger partial charge in [0.15, 0.2) is 0 Å². The van der Waals surface area contributed by atoms with E-state index in [0.29, 0.717) is 19.2 Å². The number of likely N-dealkylation sites (tertiary alicyclic amines) is 1. The number of carbonyl (C=O) groups is 2. The van der Waals surface area contributed by atoms with Gasteiger partial charge in [-0.25, -0.2) is 8.78 Å². The summed E-state index contributed by atoms with van der Waals surface area (Å²) >= 11 is 0. The first kappa shape index (κ1) is 18.3. The summed E-state index contributed by atoms with van der Waals surface area (Å²) in [5.41, 5.74) is -0.0991. The highest BCUT2D eigenvalue weighted by Gasteiger charge is 2.24. The van der Waals surface area contributed by atoms with Crippen molar-refractivity contribution in [2.24, 2.45) is 0 Å². The Labute approximate surface area is 139 Å². The highest BCUT2D eigenvalue weighted by Crippen LogP contribution is 2.13. The minimum atomic E-state index is -0.950. The van der Waals surface area contributed by atoms with Crippen LogP contribution in [0, 0.1) is 11.6 Å². The van der Waals surface area contributed by atoms with Crippen LogP contribution in [0.3, 0.4) is 0 Å². The van der Waals surface area contributed by atoms with E-state index in [2.05, 4.69) is 15.5 Å². The van der Waals surface area contributed by atoms with Gasteiger partial charge in [-0.05, 0) is 31.5 Å². The number of anilines is 1. The monoisotopic (exact) mass is 341 g/mol. The van der Waals surface area contributed by atoms with Crippen LogP contribution in [0.4, 0.5) is 14.5 Å². The lowest BCUT2D eigenvalue weighted by molar-refractivity contribution is -0.136. The van der Waals surface area contributed by atoms with E-state index in [1.54, 1.807) is 7.11 Å². The lowest BCUT2D eigenvalue weighted by Gasteiger charge is -2.32. The lowest BCUT2D eigenvalue weighted by Crippen LogP contribution is -2.50. The molecule has 1 fully saturated rings. The summed E-state index contributed by atoms with van der Waals surface area (Å²) in [5.74, 6) is -3.43. The van der Waals surface area contributed by atoms with E-state index in [1.165, 1.54) is 0 Å². The van der Waals surface area contributed by atoms with Crippen molar-refractivity contribution in [1.29, 1.82) is 0 Å². The quantitative estimate of drug-likeness (QED) is 0.788. The van der Waals surface area contributed by atoms with E-state index in [4.69, 9.17) is 4.74 Å². The second-order valence-electron chi connectivity index (χ2n) is 5.72. The van der Waals surface area contributed by atoms with Gasteiger partial charge in [0.05, 0.1) is 6.61 Å². The first-order valence-corrected chi connectivity index (χ1v) is 7.77. The van der Waals surface area contributed by atoms with Crippen molar-refractivity contribution in [2.45, 2.75) is 18.9 Å². The molecule has 0 aliphatic carbocycles. The van der Waals surface area contributed by atoms with Crippen LogP contribution < -0.4 is 10.6 Å². The second kappa shape index (κ2) is 8.70. The van der Waals surface area contributed by atoms with E-state index in [0.717, 1.165) is 38.1 Å². The zero-order chi connectivity index (χ0) is 17.5. The van der Waals surface area contributed by atoms with Crippen molar-refractivity contribution >= 4 is 17.5 Å². The van der Waals surface area contributed by atoms with Gasteiger partial charge < -0.3 is 15.4 Å². The van der Waals surface area contributed by atoms with E-state index in [-0.39, 0.29) is 11.7 Å². The molecule has 0 aromatic heterocycles. The number of benzene rings is 1. The maximum absolute atomic E-state index is 13.1. The topological polar surface area (TPSA) is 70.7 Å². The van der Waals surface area contributed by atoms with Gasteiger partial charge in [-0.15, -0.1) is 0 Å². The Morgan fingerprint density at radius 2 is 1.96 bits per heavy atom. The predicted octanol–water partition coefficient (Wildman–Crippen LogP) is 1.13. The molecule has 1 aliphatic heterocycles. The summed E-state index contributed by atoms with van der Waals surface area (Å²) in [4.78, 5) is 26.0. The molecule has 0 saturated carbocycles. The average molecular weight is 341 g/mol. The number of carbonyl (C=O) groups excluding carboxylic acids is 2. The number of hydrogen-bond acceptors (Lipinski definition) is 4. The fourth-order valence-corrected chi connectivity index (χ4v) is 2.66. The van der Waals surface area contributed by atoms with Crippen LogP contribution in [-0.2, 0) is 14.3 Å². The zero-order valence-electron chi connectivity index (χ0n) is 13.5. The molecule has 8 heteroatoms. The number of amides is 2. The lowest BCUT2D eigenvalue weighted by atomic mass is 10.1. The highest BCUT2D eigenvalue weighted by atomic mass is 19.1. The van der Waals surface area contributed by atoms with Crippen molar-refractivity contribution in [1.82, 2.24) is 10.2 Å². The average Bonchev–Trinajstić information content (AvgIpc) is 2.52. The molecule has 24 heavy (non-hydrogen) atoms. The molecular weight excluding hydrogens is 320 g/mol. The number of halogens is 2. The summed E-state index contributed by atoms with van der Waals surface area (Å²) in [5, 5.41) is 4.85. The van der Waals surface area contributed by atoms with Gasteiger partial charge in [0.2, 0.25) is 0 Å². The smallest absolute Gasteiger partial charge is 0.313 e. The molecule has 1 aliphatic rings. The van der Waals surface area contributed by atoms with Crippen LogP contribution in [0.1, 0.15) is 12.8 Å². The number of nitrogens with zero attached hydrogens (tertiary/aromatic N) is 1. The van der Waals surface area contributed by atoms with Gasteiger partial charge in [0, 0.05) is 38.0 Å². The Morgan fingerprint density at radius 1 is 1.25 bits per heavy atom. The number of nitrogens with one attached hydrogen (secondary N) is 2. The van der Waals surface area contributed by atoms with Crippen molar-refractivity contribution in [3.63, 3.8) is 0 Å². The summed E-state index contributed by atoms with van der Waals surface area (Å²) in [6.45, 7) is 2.92. The first-order valence-electron chi connectivity index (χ1n) is 7.77. The largest absolute Gasteiger partial charge is 0.383 e. The Bertz CT molecular complexity index is 578. The molecule has 2 N–H and O–H groups in total. The number of methoxy groups -OCH3 is 1.